The molecule has 0 fully saturated rings. The van der Waals surface area contributed by atoms with Gasteiger partial charge in [0.2, 0.25) is 0 Å². The zero-order valence-electron chi connectivity index (χ0n) is 23.9. The second-order valence-corrected chi connectivity index (χ2v) is 12.4. The van der Waals surface area contributed by atoms with Crippen molar-refractivity contribution in [3.8, 4) is 32.1 Å². The number of benzene rings is 3. The van der Waals surface area contributed by atoms with Crippen molar-refractivity contribution in [2.75, 3.05) is 0 Å². The largest absolute Gasteiger partial charge is 3.00 e. The van der Waals surface area contributed by atoms with Crippen molar-refractivity contribution in [1.82, 2.24) is 29.9 Å². The third-order valence-corrected chi connectivity index (χ3v) is 9.44. The van der Waals surface area contributed by atoms with Crippen LogP contribution in [0.3, 0.4) is 0 Å². The Labute approximate surface area is 287 Å². The molecule has 0 aliphatic heterocycles. The average molecular weight is 693 g/mol. The van der Waals surface area contributed by atoms with Gasteiger partial charge in [-0.1, -0.05) is 36.4 Å². The molecule has 0 aliphatic rings. The van der Waals surface area contributed by atoms with E-state index in [-0.39, 0.29) is 16.8 Å². The first-order chi connectivity index (χ1) is 22.3. The molecule has 0 bridgehead atoms. The number of fused-ring (bicyclic) bond motifs is 3. The van der Waals surface area contributed by atoms with Crippen LogP contribution in [0.15, 0.2) is 128 Å². The zero-order valence-corrected chi connectivity index (χ0v) is 27.4. The van der Waals surface area contributed by atoms with E-state index < -0.39 is 0 Å². The Kier molecular flexibility index (Phi) is 10.2. The Hall–Kier alpha value is -4.71. The summed E-state index contributed by atoms with van der Waals surface area (Å²) in [6.07, 6.45) is 5.29. The van der Waals surface area contributed by atoms with Crippen molar-refractivity contribution in [3.63, 3.8) is 0 Å². The second-order valence-electron chi connectivity index (χ2n) is 9.35. The van der Waals surface area contributed by atoms with Gasteiger partial charge >= 0.3 is 16.8 Å². The van der Waals surface area contributed by atoms with E-state index >= 15 is 0 Å². The molecule has 6 heterocycles. The van der Waals surface area contributed by atoms with E-state index in [1.165, 1.54) is 14.1 Å². The van der Waals surface area contributed by atoms with Gasteiger partial charge in [0, 0.05) is 29.1 Å². The number of nitrogens with zero attached hydrogens (tertiary/aromatic N) is 6. The van der Waals surface area contributed by atoms with E-state index in [2.05, 4.69) is 66.3 Å². The van der Waals surface area contributed by atoms with Crippen LogP contribution >= 0.6 is 34.0 Å². The molecule has 0 spiro atoms. The van der Waals surface area contributed by atoms with E-state index in [1.54, 1.807) is 52.6 Å². The van der Waals surface area contributed by atoms with Crippen LogP contribution in [-0.2, 0) is 16.8 Å². The summed E-state index contributed by atoms with van der Waals surface area (Å²) in [5, 5.41) is 2.78. The van der Waals surface area contributed by atoms with Crippen LogP contribution in [-0.4, -0.2) is 29.9 Å². The summed E-state index contributed by atoms with van der Waals surface area (Å²) in [4.78, 5) is 26.2. The second kappa shape index (κ2) is 15.0. The fraction of sp³-hybridized carbons (Fsp3) is 0. The van der Waals surface area contributed by atoms with Gasteiger partial charge in [-0.15, -0.1) is 18.2 Å². The van der Waals surface area contributed by atoms with Crippen LogP contribution in [0, 0.1) is 18.2 Å². The van der Waals surface area contributed by atoms with Gasteiger partial charge in [0.25, 0.3) is 0 Å². The summed E-state index contributed by atoms with van der Waals surface area (Å²) in [6, 6.07) is 44.7. The Bertz CT molecular complexity index is 1930. The molecule has 0 aliphatic carbocycles. The van der Waals surface area contributed by atoms with Gasteiger partial charge in [0.15, 0.2) is 0 Å². The van der Waals surface area contributed by atoms with Gasteiger partial charge in [0.05, 0.1) is 16.6 Å². The van der Waals surface area contributed by atoms with Crippen LogP contribution < -0.4 is 0 Å². The predicted molar refractivity (Wildman–Crippen MR) is 185 cm³/mol. The van der Waals surface area contributed by atoms with Crippen LogP contribution in [0.1, 0.15) is 0 Å². The normalized spacial score (nSPS) is 10.4. The molecule has 9 rings (SSSR count). The quantitative estimate of drug-likeness (QED) is 0.172. The first-order valence-corrected chi connectivity index (χ1v) is 16.3. The number of pyridine rings is 3. The van der Waals surface area contributed by atoms with E-state index in [4.69, 9.17) is 0 Å². The maximum Gasteiger partial charge on any atom is 3.00 e. The van der Waals surface area contributed by atoms with E-state index in [0.717, 1.165) is 48.7 Å². The van der Waals surface area contributed by atoms with E-state index in [9.17, 15) is 0 Å². The molecule has 0 atom stereocenters. The maximum absolute atomic E-state index is 4.51. The van der Waals surface area contributed by atoms with Crippen molar-refractivity contribution >= 4 is 64.7 Å². The minimum Gasteiger partial charge on any atom is -0.298 e. The molecular weight excluding hydrogens is 672 g/mol. The van der Waals surface area contributed by atoms with Crippen molar-refractivity contribution in [1.29, 1.82) is 0 Å². The Balaban J connectivity index is 0.000000120. The number of para-hydroxylation sites is 3. The molecular formula is C36H21CoN6S3. The fourth-order valence-corrected chi connectivity index (χ4v) is 7.02. The molecule has 6 nitrogen and oxygen atoms in total. The van der Waals surface area contributed by atoms with Crippen LogP contribution in [0.5, 0.6) is 0 Å². The summed E-state index contributed by atoms with van der Waals surface area (Å²) in [6.45, 7) is 0. The van der Waals surface area contributed by atoms with Gasteiger partial charge < -0.3 is 0 Å². The minimum atomic E-state index is 0. The summed E-state index contributed by atoms with van der Waals surface area (Å²) < 4.78 is 3.56. The van der Waals surface area contributed by atoms with Gasteiger partial charge in [-0.2, -0.15) is 70.4 Å². The number of hydrogen-bond donors (Lipinski definition) is 0. The fourth-order valence-electron chi connectivity index (χ4n) is 4.25. The van der Waals surface area contributed by atoms with Crippen LogP contribution in [0.4, 0.5) is 0 Å². The SMILES string of the molecule is [Co+3].[c-]1cccnc1-c1nc2ccccc2s1.[c-]1cccnc1-c1nc2ccccc2s1.[c-]1cccnc1-c1nc2ccccc2s1. The topological polar surface area (TPSA) is 77.3 Å². The van der Waals surface area contributed by atoms with Gasteiger partial charge in [-0.25, -0.2) is 0 Å². The summed E-state index contributed by atoms with van der Waals surface area (Å²) in [7, 11) is 0. The van der Waals surface area contributed by atoms with E-state index in [1.807, 2.05) is 91.0 Å². The number of aromatic nitrogens is 6. The molecule has 0 amide bonds. The van der Waals surface area contributed by atoms with Crippen molar-refractivity contribution in [3.05, 3.63) is 146 Å². The molecule has 0 unspecified atom stereocenters. The summed E-state index contributed by atoms with van der Waals surface area (Å²) in [5.41, 5.74) is 5.53. The Morgan fingerprint density at radius 1 is 0.391 bits per heavy atom. The average Bonchev–Trinajstić information content (AvgIpc) is 3.87. The third-order valence-electron chi connectivity index (χ3n) is 6.31. The standard InChI is InChI=1S/3C12H7N2S.Co/c3*1-2-7-11-9(5-1)14-12(15-11)10-6-3-4-8-13-10;/h3*1-5,7-8H;/q3*-1;+3. The first-order valence-electron chi connectivity index (χ1n) is 13.9. The number of hydrogen-bond acceptors (Lipinski definition) is 9. The number of rotatable bonds is 3. The Morgan fingerprint density at radius 3 is 0.957 bits per heavy atom. The molecule has 0 radical (unpaired) electrons. The molecule has 0 N–H and O–H groups in total. The summed E-state index contributed by atoms with van der Waals surface area (Å²) in [5.74, 6) is 0. The van der Waals surface area contributed by atoms with E-state index in [0.29, 0.717) is 0 Å². The molecule has 10 heteroatoms. The van der Waals surface area contributed by atoms with Gasteiger partial charge in [-0.05, 0) is 72.1 Å². The van der Waals surface area contributed by atoms with Gasteiger partial charge in [-0.3, -0.25) is 29.9 Å². The summed E-state index contributed by atoms with van der Waals surface area (Å²) >= 11 is 4.94. The molecule has 46 heavy (non-hydrogen) atoms. The third kappa shape index (κ3) is 7.39. The van der Waals surface area contributed by atoms with Crippen molar-refractivity contribution in [2.24, 2.45) is 0 Å². The number of thiazole rings is 3. The monoisotopic (exact) mass is 692 g/mol. The molecule has 222 valence electrons. The minimum absolute atomic E-state index is 0. The maximum atomic E-state index is 4.51. The molecule has 3 aromatic carbocycles. The first kappa shape index (κ1) is 31.3. The van der Waals surface area contributed by atoms with Crippen LogP contribution in [0.25, 0.3) is 62.8 Å². The predicted octanol–water partition coefficient (Wildman–Crippen LogP) is 9.47. The van der Waals surface area contributed by atoms with Gasteiger partial charge in [0.1, 0.15) is 0 Å². The van der Waals surface area contributed by atoms with Crippen molar-refractivity contribution in [2.45, 2.75) is 0 Å². The Morgan fingerprint density at radius 2 is 0.696 bits per heavy atom. The van der Waals surface area contributed by atoms with Crippen molar-refractivity contribution < 1.29 is 16.8 Å². The van der Waals surface area contributed by atoms with Crippen LogP contribution in [0.2, 0.25) is 0 Å². The molecule has 9 aromatic rings. The molecule has 0 saturated carbocycles. The smallest absolute Gasteiger partial charge is 0.298 e. The molecule has 0 saturated heterocycles. The zero-order chi connectivity index (χ0) is 30.3. The molecule has 6 aromatic heterocycles.